The molecule has 0 radical (unpaired) electrons. The molecule has 0 fully saturated rings. The molecule has 1 aromatic carbocycles. The van der Waals surface area contributed by atoms with Crippen molar-refractivity contribution in [1.82, 2.24) is 14.5 Å². The molecule has 3 aromatic rings. The molecule has 0 aliphatic rings. The number of hydrogen-bond acceptors (Lipinski definition) is 4. The molecule has 136 valence electrons. The first kappa shape index (κ1) is 18.6. The van der Waals surface area contributed by atoms with E-state index in [9.17, 15) is 8.78 Å². The van der Waals surface area contributed by atoms with E-state index in [1.54, 1.807) is 25.7 Å². The van der Waals surface area contributed by atoms with E-state index in [1.165, 1.54) is 12.3 Å². The lowest BCUT2D eigenvalue weighted by molar-refractivity contribution is 0.146. The number of imidazole rings is 1. The van der Waals surface area contributed by atoms with Gasteiger partial charge in [0.05, 0.1) is 13.4 Å². The minimum Gasteiger partial charge on any atom is -0.493 e. The molecule has 0 spiro atoms. The average molecular weight is 471 g/mol. The van der Waals surface area contributed by atoms with Crippen molar-refractivity contribution in [2.45, 2.75) is 19.6 Å². The second kappa shape index (κ2) is 8.43. The highest BCUT2D eigenvalue weighted by Gasteiger charge is 2.12. The summed E-state index contributed by atoms with van der Waals surface area (Å²) in [5, 5.41) is 0. The maximum absolute atomic E-state index is 12.5. The highest BCUT2D eigenvalue weighted by molar-refractivity contribution is 14.1. The Morgan fingerprint density at radius 3 is 2.69 bits per heavy atom. The Bertz CT molecular complexity index is 856. The molecule has 0 amide bonds. The van der Waals surface area contributed by atoms with Gasteiger partial charge >= 0.3 is 0 Å². The summed E-state index contributed by atoms with van der Waals surface area (Å²) < 4.78 is 39.3. The molecule has 0 aliphatic heterocycles. The molecule has 0 saturated carbocycles. The Balaban J connectivity index is 1.73. The summed E-state index contributed by atoms with van der Waals surface area (Å²) in [7, 11) is 1.58. The molecule has 0 atom stereocenters. The van der Waals surface area contributed by atoms with Crippen LogP contribution in [0.3, 0.4) is 0 Å². The third-order valence-electron chi connectivity index (χ3n) is 3.71. The number of hydrogen-bond donors (Lipinski definition) is 0. The molecule has 0 unspecified atom stereocenters. The monoisotopic (exact) mass is 471 g/mol. The number of ether oxygens (including phenoxy) is 2. The first-order valence-electron chi connectivity index (χ1n) is 7.74. The minimum atomic E-state index is -2.57. The van der Waals surface area contributed by atoms with Gasteiger partial charge in [0.2, 0.25) is 0 Å². The fourth-order valence-corrected chi connectivity index (χ4v) is 2.97. The van der Waals surface area contributed by atoms with Crippen molar-refractivity contribution in [1.29, 1.82) is 0 Å². The topological polar surface area (TPSA) is 49.2 Å². The van der Waals surface area contributed by atoms with Gasteiger partial charge in [0.15, 0.2) is 11.5 Å². The van der Waals surface area contributed by atoms with Gasteiger partial charge in [0, 0.05) is 34.3 Å². The third-order valence-corrected chi connectivity index (χ3v) is 4.71. The lowest BCUT2D eigenvalue weighted by Crippen LogP contribution is -2.03. The van der Waals surface area contributed by atoms with E-state index in [0.29, 0.717) is 23.6 Å². The maximum atomic E-state index is 12.5. The molecule has 8 heteroatoms. The summed E-state index contributed by atoms with van der Waals surface area (Å²) in [4.78, 5) is 7.77. The van der Waals surface area contributed by atoms with Crippen LogP contribution < -0.4 is 9.47 Å². The molecule has 2 heterocycles. The Morgan fingerprint density at radius 2 is 2.08 bits per heavy atom. The average Bonchev–Trinajstić information content (AvgIpc) is 3.15. The van der Waals surface area contributed by atoms with Gasteiger partial charge in [-0.1, -0.05) is 6.07 Å². The van der Waals surface area contributed by atoms with E-state index in [1.807, 2.05) is 22.9 Å². The molecule has 0 N–H and O–H groups in total. The number of benzene rings is 1. The van der Waals surface area contributed by atoms with Gasteiger partial charge in [-0.15, -0.1) is 0 Å². The summed E-state index contributed by atoms with van der Waals surface area (Å²) in [6.07, 6.45) is 4.20. The van der Waals surface area contributed by atoms with Crippen molar-refractivity contribution < 1.29 is 18.3 Å². The summed E-state index contributed by atoms with van der Waals surface area (Å²) in [6, 6.07) is 6.71. The van der Waals surface area contributed by atoms with Gasteiger partial charge in [-0.25, -0.2) is 13.8 Å². The van der Waals surface area contributed by atoms with E-state index in [0.717, 1.165) is 9.13 Å². The van der Waals surface area contributed by atoms with Crippen LogP contribution in [0.15, 0.2) is 49.2 Å². The standard InChI is InChI=1S/C18H16F2IN3O2/c1-25-16-6-13(9-24-5-4-22-11-24)14(21)7-17(16)26-10-12-2-3-15(18(19)20)23-8-12/h2-8,11,18H,9-10H2,1H3. The van der Waals surface area contributed by atoms with Crippen molar-refractivity contribution in [2.24, 2.45) is 0 Å². The van der Waals surface area contributed by atoms with Crippen LogP contribution in [0, 0.1) is 3.57 Å². The number of nitrogens with zero attached hydrogens (tertiary/aromatic N) is 3. The number of aromatic nitrogens is 3. The SMILES string of the molecule is COc1cc(Cn2ccnc2)c(I)cc1OCc1ccc(C(F)F)nc1. The quantitative estimate of drug-likeness (QED) is 0.478. The normalized spacial score (nSPS) is 11.0. The van der Waals surface area contributed by atoms with Gasteiger partial charge in [0.25, 0.3) is 6.43 Å². The molecule has 2 aromatic heterocycles. The van der Waals surface area contributed by atoms with Crippen LogP contribution in [0.2, 0.25) is 0 Å². The molecule has 5 nitrogen and oxygen atoms in total. The number of halogens is 3. The molecular formula is C18H16F2IN3O2. The Kier molecular flexibility index (Phi) is 6.02. The lowest BCUT2D eigenvalue weighted by atomic mass is 10.2. The smallest absolute Gasteiger partial charge is 0.280 e. The van der Waals surface area contributed by atoms with E-state index in [2.05, 4.69) is 32.6 Å². The highest BCUT2D eigenvalue weighted by Crippen LogP contribution is 2.32. The van der Waals surface area contributed by atoms with Gasteiger partial charge in [-0.3, -0.25) is 4.98 Å². The molecular weight excluding hydrogens is 455 g/mol. The van der Waals surface area contributed by atoms with Gasteiger partial charge < -0.3 is 14.0 Å². The Hall–Kier alpha value is -2.23. The highest BCUT2D eigenvalue weighted by atomic mass is 127. The second-order valence-electron chi connectivity index (χ2n) is 5.51. The predicted octanol–water partition coefficient (Wildman–Crippen LogP) is 4.46. The van der Waals surface area contributed by atoms with E-state index in [4.69, 9.17) is 9.47 Å². The number of pyridine rings is 1. The summed E-state index contributed by atoms with van der Waals surface area (Å²) in [5.41, 5.74) is 1.54. The zero-order valence-corrected chi connectivity index (χ0v) is 16.1. The Labute approximate surface area is 163 Å². The van der Waals surface area contributed by atoms with Crippen LogP contribution in [-0.4, -0.2) is 21.6 Å². The van der Waals surface area contributed by atoms with Crippen LogP contribution in [-0.2, 0) is 13.2 Å². The summed E-state index contributed by atoms with van der Waals surface area (Å²) >= 11 is 2.24. The molecule has 0 aliphatic carbocycles. The summed E-state index contributed by atoms with van der Waals surface area (Å²) in [6.45, 7) is 0.887. The van der Waals surface area contributed by atoms with Crippen molar-refractivity contribution in [3.05, 3.63) is 69.6 Å². The Morgan fingerprint density at radius 1 is 1.23 bits per heavy atom. The fourth-order valence-electron chi connectivity index (χ4n) is 2.36. The number of alkyl halides is 2. The number of rotatable bonds is 7. The zero-order chi connectivity index (χ0) is 18.5. The van der Waals surface area contributed by atoms with E-state index >= 15 is 0 Å². The third kappa shape index (κ3) is 4.48. The van der Waals surface area contributed by atoms with Crippen LogP contribution in [0.25, 0.3) is 0 Å². The summed E-state index contributed by atoms with van der Waals surface area (Å²) in [5.74, 6) is 1.20. The first-order chi connectivity index (χ1) is 12.6. The van der Waals surface area contributed by atoms with Crippen LogP contribution in [0.4, 0.5) is 8.78 Å². The largest absolute Gasteiger partial charge is 0.493 e. The van der Waals surface area contributed by atoms with Crippen LogP contribution >= 0.6 is 22.6 Å². The lowest BCUT2D eigenvalue weighted by Gasteiger charge is -2.14. The molecule has 0 saturated heterocycles. The van der Waals surface area contributed by atoms with Gasteiger partial charge in [-0.05, 0) is 46.4 Å². The van der Waals surface area contributed by atoms with Crippen molar-refractivity contribution in [2.75, 3.05) is 7.11 Å². The maximum Gasteiger partial charge on any atom is 0.280 e. The van der Waals surface area contributed by atoms with Gasteiger partial charge in [0.1, 0.15) is 12.3 Å². The molecule has 0 bridgehead atoms. The second-order valence-corrected chi connectivity index (χ2v) is 6.67. The van der Waals surface area contributed by atoms with Crippen LogP contribution in [0.1, 0.15) is 23.2 Å². The first-order valence-corrected chi connectivity index (χ1v) is 8.82. The van der Waals surface area contributed by atoms with Gasteiger partial charge in [-0.2, -0.15) is 0 Å². The van der Waals surface area contributed by atoms with E-state index in [-0.39, 0.29) is 12.3 Å². The number of methoxy groups -OCH3 is 1. The minimum absolute atomic E-state index is 0.212. The molecule has 26 heavy (non-hydrogen) atoms. The zero-order valence-electron chi connectivity index (χ0n) is 13.9. The fraction of sp³-hybridized carbons (Fsp3) is 0.222. The van der Waals surface area contributed by atoms with Crippen LogP contribution in [0.5, 0.6) is 11.5 Å². The van der Waals surface area contributed by atoms with E-state index < -0.39 is 6.43 Å². The van der Waals surface area contributed by atoms with Crippen molar-refractivity contribution in [3.8, 4) is 11.5 Å². The predicted molar refractivity (Wildman–Crippen MR) is 101 cm³/mol. The van der Waals surface area contributed by atoms with Crippen molar-refractivity contribution >= 4 is 22.6 Å². The van der Waals surface area contributed by atoms with Crippen molar-refractivity contribution in [3.63, 3.8) is 0 Å². The molecule has 3 rings (SSSR count).